The minimum Gasteiger partial charge on any atom is -0.465 e. The van der Waals surface area contributed by atoms with Gasteiger partial charge < -0.3 is 15.4 Å². The predicted molar refractivity (Wildman–Crippen MR) is 102 cm³/mol. The number of ether oxygens (including phenoxy) is 1. The molecule has 0 saturated carbocycles. The largest absolute Gasteiger partial charge is 0.465 e. The number of hydrogen-bond donors (Lipinski definition) is 2. The van der Waals surface area contributed by atoms with E-state index in [1.165, 1.54) is 31.4 Å². The number of aryl methyl sites for hydroxylation is 1. The first-order valence-electron chi connectivity index (χ1n) is 8.32. The van der Waals surface area contributed by atoms with Crippen LogP contribution in [0.1, 0.15) is 26.5 Å². The highest BCUT2D eigenvalue weighted by Gasteiger charge is 2.12. The number of methoxy groups -OCH3 is 1. The number of amides is 1. The van der Waals surface area contributed by atoms with Crippen molar-refractivity contribution in [3.63, 3.8) is 0 Å². The molecule has 0 aliphatic rings. The fraction of sp³-hybridized carbons (Fsp3) is 0.100. The van der Waals surface area contributed by atoms with Gasteiger partial charge >= 0.3 is 5.97 Å². The Morgan fingerprint density at radius 1 is 0.964 bits per heavy atom. The molecule has 1 heterocycles. The summed E-state index contributed by atoms with van der Waals surface area (Å²) in [4.78, 5) is 32.4. The number of nitrogens with zero attached hydrogens (tertiary/aromatic N) is 2. The highest BCUT2D eigenvalue weighted by atomic mass is 19.1. The first kappa shape index (κ1) is 19.0. The SMILES string of the molecule is COC(=O)c1ccc(Nc2nc(C)cc(C(=O)Nc3ccc(F)cc3)n2)cc1. The molecule has 0 aliphatic heterocycles. The second-order valence-electron chi connectivity index (χ2n) is 5.87. The van der Waals surface area contributed by atoms with Crippen molar-refractivity contribution in [1.29, 1.82) is 0 Å². The van der Waals surface area contributed by atoms with Crippen LogP contribution in [0, 0.1) is 12.7 Å². The van der Waals surface area contributed by atoms with Crippen molar-refractivity contribution in [2.75, 3.05) is 17.7 Å². The van der Waals surface area contributed by atoms with E-state index in [1.54, 1.807) is 37.3 Å². The van der Waals surface area contributed by atoms with Gasteiger partial charge in [-0.2, -0.15) is 0 Å². The normalized spacial score (nSPS) is 10.2. The third-order valence-electron chi connectivity index (χ3n) is 3.75. The molecule has 1 amide bonds. The molecular formula is C20H17FN4O3. The summed E-state index contributed by atoms with van der Waals surface area (Å²) >= 11 is 0. The van der Waals surface area contributed by atoms with Gasteiger partial charge in [0.1, 0.15) is 11.5 Å². The fourth-order valence-corrected chi connectivity index (χ4v) is 2.41. The molecule has 0 radical (unpaired) electrons. The summed E-state index contributed by atoms with van der Waals surface area (Å²) in [6, 6.07) is 13.5. The Morgan fingerprint density at radius 3 is 2.25 bits per heavy atom. The van der Waals surface area contributed by atoms with E-state index >= 15 is 0 Å². The van der Waals surface area contributed by atoms with Crippen molar-refractivity contribution in [2.45, 2.75) is 6.92 Å². The lowest BCUT2D eigenvalue weighted by Gasteiger charge is -2.09. The maximum Gasteiger partial charge on any atom is 0.337 e. The molecule has 0 unspecified atom stereocenters. The van der Waals surface area contributed by atoms with Gasteiger partial charge in [0.15, 0.2) is 0 Å². The zero-order valence-electron chi connectivity index (χ0n) is 15.2. The zero-order valence-corrected chi connectivity index (χ0v) is 15.2. The summed E-state index contributed by atoms with van der Waals surface area (Å²) in [7, 11) is 1.31. The molecule has 142 valence electrons. The lowest BCUT2D eigenvalue weighted by molar-refractivity contribution is 0.0600. The van der Waals surface area contributed by atoms with Crippen LogP contribution >= 0.6 is 0 Å². The van der Waals surface area contributed by atoms with E-state index in [0.717, 1.165) is 0 Å². The zero-order chi connectivity index (χ0) is 20.1. The topological polar surface area (TPSA) is 93.2 Å². The first-order chi connectivity index (χ1) is 13.4. The quantitative estimate of drug-likeness (QED) is 0.656. The van der Waals surface area contributed by atoms with Crippen molar-refractivity contribution in [3.05, 3.63) is 77.4 Å². The molecule has 0 bridgehead atoms. The molecule has 2 aromatic carbocycles. The van der Waals surface area contributed by atoms with Crippen LogP contribution in [-0.2, 0) is 4.74 Å². The second kappa shape index (κ2) is 8.26. The van der Waals surface area contributed by atoms with Crippen molar-refractivity contribution >= 4 is 29.2 Å². The molecule has 0 saturated heterocycles. The average Bonchev–Trinajstić information content (AvgIpc) is 2.69. The van der Waals surface area contributed by atoms with E-state index in [4.69, 9.17) is 0 Å². The number of carbonyl (C=O) groups excluding carboxylic acids is 2. The number of halogens is 1. The first-order valence-corrected chi connectivity index (χ1v) is 8.32. The highest BCUT2D eigenvalue weighted by molar-refractivity contribution is 6.03. The molecule has 3 aromatic rings. The van der Waals surface area contributed by atoms with Crippen LogP contribution in [0.15, 0.2) is 54.6 Å². The standard InChI is InChI=1S/C20H17FN4O3/c1-12-11-17(18(26)23-15-9-5-14(21)6-10-15)25-20(22-12)24-16-7-3-13(4-8-16)19(27)28-2/h3-11H,1-2H3,(H,23,26)(H,22,24,25). The number of nitrogens with one attached hydrogen (secondary N) is 2. The van der Waals surface area contributed by atoms with Gasteiger partial charge in [0.2, 0.25) is 5.95 Å². The molecule has 28 heavy (non-hydrogen) atoms. The van der Waals surface area contributed by atoms with Gasteiger partial charge in [-0.05, 0) is 61.5 Å². The minimum absolute atomic E-state index is 0.158. The Kier molecular flexibility index (Phi) is 5.59. The van der Waals surface area contributed by atoms with E-state index in [1.807, 2.05) is 0 Å². The Balaban J connectivity index is 1.76. The Labute approximate surface area is 160 Å². The maximum atomic E-state index is 13.0. The molecular weight excluding hydrogens is 363 g/mol. The minimum atomic E-state index is -0.443. The molecule has 0 fully saturated rings. The number of rotatable bonds is 5. The molecule has 8 heteroatoms. The van der Waals surface area contributed by atoms with E-state index in [-0.39, 0.29) is 17.5 Å². The van der Waals surface area contributed by atoms with Crippen molar-refractivity contribution in [3.8, 4) is 0 Å². The van der Waals surface area contributed by atoms with Crippen LogP contribution in [0.3, 0.4) is 0 Å². The number of carbonyl (C=O) groups is 2. The van der Waals surface area contributed by atoms with Crippen LogP contribution in [0.4, 0.5) is 21.7 Å². The maximum absolute atomic E-state index is 13.0. The number of aromatic nitrogens is 2. The van der Waals surface area contributed by atoms with Gasteiger partial charge in [0, 0.05) is 17.1 Å². The van der Waals surface area contributed by atoms with Gasteiger partial charge in [-0.1, -0.05) is 0 Å². The lowest BCUT2D eigenvalue weighted by atomic mass is 10.2. The average molecular weight is 380 g/mol. The van der Waals surface area contributed by atoms with E-state index in [9.17, 15) is 14.0 Å². The van der Waals surface area contributed by atoms with Gasteiger partial charge in [0.25, 0.3) is 5.91 Å². The van der Waals surface area contributed by atoms with Crippen LogP contribution in [-0.4, -0.2) is 29.0 Å². The molecule has 0 atom stereocenters. The Hall–Kier alpha value is -3.81. The van der Waals surface area contributed by atoms with Crippen LogP contribution in [0.5, 0.6) is 0 Å². The lowest BCUT2D eigenvalue weighted by Crippen LogP contribution is -2.15. The highest BCUT2D eigenvalue weighted by Crippen LogP contribution is 2.16. The molecule has 0 aliphatic carbocycles. The Morgan fingerprint density at radius 2 is 1.61 bits per heavy atom. The Bertz CT molecular complexity index is 1000. The number of anilines is 3. The number of esters is 1. The molecule has 3 rings (SSSR count). The number of benzene rings is 2. The summed E-state index contributed by atoms with van der Waals surface area (Å²) in [5, 5.41) is 5.65. The van der Waals surface area contributed by atoms with Crippen LogP contribution in [0.2, 0.25) is 0 Å². The van der Waals surface area contributed by atoms with Crippen LogP contribution in [0.25, 0.3) is 0 Å². The molecule has 2 N–H and O–H groups in total. The van der Waals surface area contributed by atoms with Gasteiger partial charge in [-0.15, -0.1) is 0 Å². The van der Waals surface area contributed by atoms with Gasteiger partial charge in [-0.25, -0.2) is 19.2 Å². The molecule has 0 spiro atoms. The molecule has 7 nitrogen and oxygen atoms in total. The summed E-state index contributed by atoms with van der Waals surface area (Å²) in [6.45, 7) is 1.74. The summed E-state index contributed by atoms with van der Waals surface area (Å²) in [5.74, 6) is -1.03. The molecule has 1 aromatic heterocycles. The van der Waals surface area contributed by atoms with E-state index in [0.29, 0.717) is 22.6 Å². The number of hydrogen-bond acceptors (Lipinski definition) is 6. The van der Waals surface area contributed by atoms with Gasteiger partial charge in [-0.3, -0.25) is 4.79 Å². The summed E-state index contributed by atoms with van der Waals surface area (Å²) in [5.41, 5.74) is 2.26. The predicted octanol–water partition coefficient (Wildman–Crippen LogP) is 3.71. The van der Waals surface area contributed by atoms with Crippen molar-refractivity contribution < 1.29 is 18.7 Å². The third kappa shape index (κ3) is 4.67. The summed E-state index contributed by atoms with van der Waals surface area (Å²) < 4.78 is 17.6. The van der Waals surface area contributed by atoms with E-state index < -0.39 is 11.9 Å². The smallest absolute Gasteiger partial charge is 0.337 e. The summed E-state index contributed by atoms with van der Waals surface area (Å²) in [6.07, 6.45) is 0. The fourth-order valence-electron chi connectivity index (χ4n) is 2.41. The third-order valence-corrected chi connectivity index (χ3v) is 3.75. The monoisotopic (exact) mass is 380 g/mol. The second-order valence-corrected chi connectivity index (χ2v) is 5.87. The van der Waals surface area contributed by atoms with E-state index in [2.05, 4.69) is 25.3 Å². The van der Waals surface area contributed by atoms with Crippen molar-refractivity contribution in [2.24, 2.45) is 0 Å². The van der Waals surface area contributed by atoms with Crippen LogP contribution < -0.4 is 10.6 Å². The van der Waals surface area contributed by atoms with Crippen molar-refractivity contribution in [1.82, 2.24) is 9.97 Å². The van der Waals surface area contributed by atoms with Gasteiger partial charge in [0.05, 0.1) is 12.7 Å².